The number of ketones is 3. The molecule has 0 saturated heterocycles. The minimum absolute atomic E-state index is 0. The highest BCUT2D eigenvalue weighted by atomic mass is 79.9. The van der Waals surface area contributed by atoms with Crippen molar-refractivity contribution in [3.8, 4) is 0 Å². The molecule has 3 aromatic heterocycles. The van der Waals surface area contributed by atoms with Crippen LogP contribution in [0.1, 0.15) is 258 Å². The fourth-order valence-corrected chi connectivity index (χ4v) is 27.7. The average molecular weight is 1480 g/mol. The van der Waals surface area contributed by atoms with Crippen LogP contribution < -0.4 is 0 Å². The summed E-state index contributed by atoms with van der Waals surface area (Å²) in [4.78, 5) is 41.3. The Bertz CT molecular complexity index is 3920. The lowest BCUT2D eigenvalue weighted by Gasteiger charge is -2.61. The summed E-state index contributed by atoms with van der Waals surface area (Å²) in [6, 6.07) is 23.5. The maximum atomic E-state index is 13.6. The van der Waals surface area contributed by atoms with E-state index in [1.807, 2.05) is 93.6 Å². The standard InChI is InChI=1S/2C28H39N3O2.C22H35BrO2.C6H5N3.3CH4/c1-26(33)14-15-27(2)18(16-26)8-9-19-20-10-11-22(28(20,3)13-12-21(19)27)25(32)17-31-24-7-5-4-6-23(24)29-30-31;1-26(33)14-15-27(2)18(16-26)8-9-19-20-10-11-22(28(20,3)13-12-21(19)27)25(32)17-31-29-23-6-4-5-7-24(23)30-31;1-20(25)10-11-21(2)14(12-20)4-5-15-16-6-7-18(19(24)13-23)22(16,3)9-8-17(15)21;1-2-4-6-5(3-1)7-9-8-6;;;/h2*4-7,18-22,33H,8-17H2,1-3H3;14-18,25H,4-13H2,1-3H3;1-4H,(H,7,8,9);3*1H4/t2*18-,19+,20+,21+,22-,26-,27+,28+;14-,15+,16+,17+,18-,20-,21+,22+;;;;/m111..../s1. The molecule has 15 nitrogen and oxygen atoms in total. The van der Waals surface area contributed by atoms with Crippen molar-refractivity contribution in [2.45, 2.75) is 288 Å². The highest BCUT2D eigenvalue weighted by Crippen LogP contribution is 2.72. The second kappa shape index (κ2) is 29.0. The van der Waals surface area contributed by atoms with Crippen molar-refractivity contribution < 1.29 is 29.7 Å². The van der Waals surface area contributed by atoms with E-state index < -0.39 is 16.8 Å². The van der Waals surface area contributed by atoms with Crippen LogP contribution in [0.25, 0.3) is 33.1 Å². The molecule has 0 bridgehead atoms. The van der Waals surface area contributed by atoms with E-state index in [9.17, 15) is 29.7 Å². The SMILES string of the molecule is C.C.C.C[C@@]1(O)CC[C@@]2(C)[C@H](CC[C@@H]3[C@@H]2CC[C@]2(C)[C@@H](C(=O)CBr)CC[C@@H]32)C1.C[C@@]1(O)CC[C@@]2(C)[C@H](CC[C@@H]3[C@@H]2CC[C@]2(C)[C@@H](C(=O)Cn4nc5ccccc5n4)CC[C@@H]32)C1.C[C@@]1(O)CC[C@@]2(C)[C@H](CC[C@@H]3[C@@H]2CC[C@]2(C)[C@@H](C(=O)Cn4nnc5ccccc54)CC[C@@H]32)C1.c1ccc2n[nH]nc2c1. The molecule has 0 amide bonds. The van der Waals surface area contributed by atoms with E-state index in [0.717, 1.165) is 145 Å². The fraction of sp³-hybridized carbons (Fsp3) is 0.759. The van der Waals surface area contributed by atoms with Crippen molar-refractivity contribution in [2.24, 2.45) is 121 Å². The smallest absolute Gasteiger partial charge is 0.159 e. The second-order valence-electron chi connectivity index (χ2n) is 37.9. The predicted molar refractivity (Wildman–Crippen MR) is 415 cm³/mol. The molecule has 566 valence electrons. The highest BCUT2D eigenvalue weighted by molar-refractivity contribution is 9.09. The Balaban J connectivity index is 0.000000136. The predicted octanol–water partition coefficient (Wildman–Crippen LogP) is 19.0. The number of aromatic amines is 1. The molecule has 3 aromatic carbocycles. The number of carbonyl (C=O) groups is 3. The van der Waals surface area contributed by atoms with Gasteiger partial charge in [-0.2, -0.15) is 30.4 Å². The Kier molecular flexibility index (Phi) is 21.9. The van der Waals surface area contributed by atoms with Crippen LogP contribution in [0.5, 0.6) is 0 Å². The van der Waals surface area contributed by atoms with Crippen molar-refractivity contribution in [3.05, 3.63) is 72.8 Å². The summed E-state index contributed by atoms with van der Waals surface area (Å²) in [7, 11) is 0. The first-order chi connectivity index (χ1) is 47.6. The third-order valence-electron chi connectivity index (χ3n) is 32.7. The Hall–Kier alpha value is -4.77. The molecule has 12 saturated carbocycles. The quantitative estimate of drug-likeness (QED) is 0.105. The number of hydrogen-bond acceptors (Lipinski definition) is 12. The molecule has 12 fully saturated rings. The van der Waals surface area contributed by atoms with Crippen molar-refractivity contribution in [2.75, 3.05) is 5.33 Å². The van der Waals surface area contributed by atoms with E-state index in [0.29, 0.717) is 81.6 Å². The normalized spacial score (nSPS) is 43.0. The molecular formula is C87H130BrN9O6. The van der Waals surface area contributed by atoms with E-state index in [-0.39, 0.29) is 56.3 Å². The number of carbonyl (C=O) groups excluding carboxylic acids is 3. The number of fused-ring (bicyclic) bond motifs is 18. The lowest BCUT2D eigenvalue weighted by Crippen LogP contribution is -2.55. The summed E-state index contributed by atoms with van der Waals surface area (Å²) in [5.74, 6) is 10.4. The Morgan fingerprint density at radius 2 is 0.748 bits per heavy atom. The van der Waals surface area contributed by atoms with Gasteiger partial charge in [0.15, 0.2) is 11.6 Å². The number of Topliss-reactive ketones (excluding diaryl/α,β-unsaturated/α-hetero) is 3. The Morgan fingerprint density at radius 1 is 0.408 bits per heavy atom. The first-order valence-electron chi connectivity index (χ1n) is 39.7. The molecule has 3 heterocycles. The summed E-state index contributed by atoms with van der Waals surface area (Å²) in [5.41, 5.74) is 5.61. The highest BCUT2D eigenvalue weighted by Gasteiger charge is 2.65. The third-order valence-corrected chi connectivity index (χ3v) is 33.3. The van der Waals surface area contributed by atoms with Crippen LogP contribution in [0.15, 0.2) is 72.8 Å². The number of para-hydroxylation sites is 3. The molecule has 16 heteroatoms. The molecule has 0 aliphatic heterocycles. The van der Waals surface area contributed by atoms with Gasteiger partial charge in [-0.05, 0) is 334 Å². The van der Waals surface area contributed by atoms with Gasteiger partial charge in [0, 0.05) is 17.8 Å². The van der Waals surface area contributed by atoms with E-state index in [1.54, 1.807) is 9.48 Å². The molecule has 24 atom stereocenters. The van der Waals surface area contributed by atoms with Gasteiger partial charge in [-0.3, -0.25) is 14.4 Å². The molecule has 18 rings (SSSR count). The van der Waals surface area contributed by atoms with Gasteiger partial charge in [0.05, 0.1) is 27.6 Å². The van der Waals surface area contributed by atoms with Crippen molar-refractivity contribution in [1.29, 1.82) is 0 Å². The molecule has 6 aromatic rings. The maximum Gasteiger partial charge on any atom is 0.159 e. The number of rotatable bonds is 8. The molecule has 0 unspecified atom stereocenters. The van der Waals surface area contributed by atoms with Crippen molar-refractivity contribution in [1.82, 2.24) is 45.4 Å². The number of nitrogens with zero attached hydrogens (tertiary/aromatic N) is 8. The first kappa shape index (κ1) is 77.8. The molecule has 12 aliphatic carbocycles. The largest absolute Gasteiger partial charge is 0.390 e. The molecule has 0 spiro atoms. The lowest BCUT2D eigenvalue weighted by atomic mass is 9.44. The number of halogens is 1. The van der Waals surface area contributed by atoms with Crippen LogP contribution in [-0.2, 0) is 27.5 Å². The van der Waals surface area contributed by atoms with Gasteiger partial charge >= 0.3 is 0 Å². The number of nitrogens with one attached hydrogen (secondary N) is 1. The summed E-state index contributed by atoms with van der Waals surface area (Å²) in [5, 5.41) is 60.5. The zero-order chi connectivity index (χ0) is 70.2. The third kappa shape index (κ3) is 13.8. The second-order valence-corrected chi connectivity index (χ2v) is 38.5. The van der Waals surface area contributed by atoms with Crippen LogP contribution in [-0.4, -0.2) is 100 Å². The number of aromatic nitrogens is 9. The van der Waals surface area contributed by atoms with E-state index >= 15 is 0 Å². The monoisotopic (exact) mass is 1480 g/mol. The zero-order valence-corrected chi connectivity index (χ0v) is 63.4. The maximum absolute atomic E-state index is 13.6. The van der Waals surface area contributed by atoms with Crippen molar-refractivity contribution >= 4 is 66.4 Å². The molecule has 103 heavy (non-hydrogen) atoms. The van der Waals surface area contributed by atoms with Crippen molar-refractivity contribution in [3.63, 3.8) is 0 Å². The summed E-state index contributed by atoms with van der Waals surface area (Å²) < 4.78 is 1.81. The molecule has 4 N–H and O–H groups in total. The van der Waals surface area contributed by atoms with E-state index in [1.165, 1.54) is 103 Å². The van der Waals surface area contributed by atoms with Crippen LogP contribution in [0.2, 0.25) is 0 Å². The lowest BCUT2D eigenvalue weighted by molar-refractivity contribution is -0.151. The number of alkyl halides is 1. The Morgan fingerprint density at radius 3 is 1.14 bits per heavy atom. The molecular weight excluding hydrogens is 1350 g/mol. The number of hydrogen-bond donors (Lipinski definition) is 4. The van der Waals surface area contributed by atoms with Gasteiger partial charge in [0.1, 0.15) is 46.5 Å². The minimum Gasteiger partial charge on any atom is -0.390 e. The molecule has 0 radical (unpaired) electrons. The average Bonchev–Trinajstić information content (AvgIpc) is 1.72. The van der Waals surface area contributed by atoms with E-state index in [2.05, 4.69) is 93.4 Å². The van der Waals surface area contributed by atoms with Crippen LogP contribution in [0, 0.1) is 121 Å². The Labute approximate surface area is 625 Å². The van der Waals surface area contributed by atoms with Crippen LogP contribution in [0.3, 0.4) is 0 Å². The van der Waals surface area contributed by atoms with Crippen LogP contribution in [0.4, 0.5) is 0 Å². The minimum atomic E-state index is -0.476. The first-order valence-corrected chi connectivity index (χ1v) is 40.9. The van der Waals surface area contributed by atoms with Gasteiger partial charge in [0.25, 0.3) is 0 Å². The zero-order valence-electron chi connectivity index (χ0n) is 61.8. The van der Waals surface area contributed by atoms with Gasteiger partial charge in [-0.15, -0.1) is 5.10 Å². The number of H-pyrrole nitrogens is 1. The number of aliphatic hydroxyl groups is 3. The summed E-state index contributed by atoms with van der Waals surface area (Å²) in [6.07, 6.45) is 31.2. The molecule has 12 aliphatic rings. The summed E-state index contributed by atoms with van der Waals surface area (Å²) >= 11 is 3.43. The topological polar surface area (TPSA) is 215 Å². The van der Waals surface area contributed by atoms with Gasteiger partial charge in [0.2, 0.25) is 0 Å². The van der Waals surface area contributed by atoms with Gasteiger partial charge < -0.3 is 15.3 Å². The van der Waals surface area contributed by atoms with Gasteiger partial charge in [-0.1, -0.05) is 121 Å². The summed E-state index contributed by atoms with van der Waals surface area (Å²) in [6.45, 7) is 21.7. The van der Waals surface area contributed by atoms with E-state index in [4.69, 9.17) is 0 Å². The van der Waals surface area contributed by atoms with Crippen LogP contribution >= 0.6 is 15.9 Å². The number of benzene rings is 3. The van der Waals surface area contributed by atoms with Gasteiger partial charge in [-0.25, -0.2) is 4.68 Å². The fourth-order valence-electron chi connectivity index (χ4n) is 27.3.